The zero-order valence-electron chi connectivity index (χ0n) is 17.6. The number of benzene rings is 1. The fourth-order valence-corrected chi connectivity index (χ4v) is 5.03. The van der Waals surface area contributed by atoms with Crippen LogP contribution >= 0.6 is 0 Å². The fourth-order valence-electron chi connectivity index (χ4n) is 5.03. The Kier molecular flexibility index (Phi) is 4.50. The van der Waals surface area contributed by atoms with Crippen molar-refractivity contribution in [3.8, 4) is 0 Å². The van der Waals surface area contributed by atoms with Gasteiger partial charge >= 0.3 is 0 Å². The maximum absolute atomic E-state index is 13.1. The summed E-state index contributed by atoms with van der Waals surface area (Å²) in [4.78, 5) is 22.0. The van der Waals surface area contributed by atoms with Gasteiger partial charge in [0.05, 0.1) is 17.8 Å². The number of likely N-dealkylation sites (tertiary alicyclic amines) is 2. The quantitative estimate of drug-likeness (QED) is 0.662. The van der Waals surface area contributed by atoms with Gasteiger partial charge in [0, 0.05) is 38.1 Å². The molecule has 2 aliphatic rings. The third kappa shape index (κ3) is 3.13. The van der Waals surface area contributed by atoms with Gasteiger partial charge in [0.1, 0.15) is 17.1 Å². The predicted octanol–water partition coefficient (Wildman–Crippen LogP) is 3.33. The summed E-state index contributed by atoms with van der Waals surface area (Å²) in [7, 11) is 0. The molecule has 0 bridgehead atoms. The average molecular weight is 406 g/mol. The van der Waals surface area contributed by atoms with E-state index in [1.165, 1.54) is 5.56 Å². The lowest BCUT2D eigenvalue weighted by Crippen LogP contribution is -2.61. The number of amides is 1. The molecule has 2 fully saturated rings. The first kappa shape index (κ1) is 19.1. The summed E-state index contributed by atoms with van der Waals surface area (Å²) in [5, 5.41) is 3.94. The van der Waals surface area contributed by atoms with E-state index >= 15 is 0 Å². The van der Waals surface area contributed by atoms with Crippen LogP contribution in [0, 0.1) is 26.2 Å². The maximum atomic E-state index is 13.1. The second-order valence-corrected chi connectivity index (χ2v) is 8.74. The summed E-state index contributed by atoms with van der Waals surface area (Å²) in [6, 6.07) is 10.5. The van der Waals surface area contributed by atoms with Crippen LogP contribution < -0.4 is 0 Å². The smallest absolute Gasteiger partial charge is 0.259 e. The molecule has 4 heterocycles. The highest BCUT2D eigenvalue weighted by Gasteiger charge is 2.57. The summed E-state index contributed by atoms with van der Waals surface area (Å²) in [6.45, 7) is 9.58. The van der Waals surface area contributed by atoms with E-state index in [9.17, 15) is 4.79 Å². The Bertz CT molecular complexity index is 1050. The van der Waals surface area contributed by atoms with Crippen LogP contribution in [0.2, 0.25) is 0 Å². The Hall–Kier alpha value is -2.93. The molecule has 1 spiro atoms. The van der Waals surface area contributed by atoms with Gasteiger partial charge in [-0.1, -0.05) is 35.5 Å². The molecule has 2 saturated heterocycles. The van der Waals surface area contributed by atoms with Gasteiger partial charge in [-0.15, -0.1) is 0 Å². The minimum absolute atomic E-state index is 0.000666. The SMILES string of the molecule is Cc1cnc(C2CN(Cc3ccccc3)CC23CN(C(=O)c2c(C)noc2C)C3)o1. The second-order valence-electron chi connectivity index (χ2n) is 8.74. The molecule has 1 aromatic carbocycles. The molecule has 156 valence electrons. The highest BCUT2D eigenvalue weighted by atomic mass is 16.5. The van der Waals surface area contributed by atoms with E-state index in [1.807, 2.05) is 24.8 Å². The molecule has 1 amide bonds. The van der Waals surface area contributed by atoms with Crippen molar-refractivity contribution >= 4 is 5.91 Å². The van der Waals surface area contributed by atoms with Gasteiger partial charge in [0.2, 0.25) is 0 Å². The van der Waals surface area contributed by atoms with E-state index in [0.29, 0.717) is 30.1 Å². The number of rotatable bonds is 4. The Morgan fingerprint density at radius 3 is 2.57 bits per heavy atom. The number of hydrogen-bond acceptors (Lipinski definition) is 6. The van der Waals surface area contributed by atoms with Crippen molar-refractivity contribution in [2.45, 2.75) is 33.2 Å². The molecule has 0 saturated carbocycles. The van der Waals surface area contributed by atoms with Gasteiger partial charge in [-0.05, 0) is 26.3 Å². The van der Waals surface area contributed by atoms with Gasteiger partial charge in [-0.25, -0.2) is 4.98 Å². The lowest BCUT2D eigenvalue weighted by Gasteiger charge is -2.50. The number of carbonyl (C=O) groups is 1. The molecule has 7 nitrogen and oxygen atoms in total. The lowest BCUT2D eigenvalue weighted by atomic mass is 9.71. The molecule has 2 aromatic heterocycles. The van der Waals surface area contributed by atoms with Gasteiger partial charge < -0.3 is 13.8 Å². The summed E-state index contributed by atoms with van der Waals surface area (Å²) in [5.74, 6) is 2.36. The number of aryl methyl sites for hydroxylation is 3. The molecule has 2 aliphatic heterocycles. The van der Waals surface area contributed by atoms with E-state index in [1.54, 1.807) is 13.1 Å². The molecule has 3 aromatic rings. The fraction of sp³-hybridized carbons (Fsp3) is 0.435. The monoisotopic (exact) mass is 406 g/mol. The number of nitrogens with zero attached hydrogens (tertiary/aromatic N) is 4. The Balaban J connectivity index is 1.37. The first-order valence-electron chi connectivity index (χ1n) is 10.4. The van der Waals surface area contributed by atoms with Crippen molar-refractivity contribution in [3.05, 3.63) is 70.8 Å². The minimum Gasteiger partial charge on any atom is -0.446 e. The van der Waals surface area contributed by atoms with Crippen LogP contribution in [0.25, 0.3) is 0 Å². The highest BCUT2D eigenvalue weighted by Crippen LogP contribution is 2.49. The normalized spacial score (nSPS) is 20.6. The van der Waals surface area contributed by atoms with Crippen LogP contribution in [-0.2, 0) is 6.54 Å². The van der Waals surface area contributed by atoms with Gasteiger partial charge in [-0.3, -0.25) is 9.69 Å². The van der Waals surface area contributed by atoms with Crippen LogP contribution in [0.4, 0.5) is 0 Å². The number of hydrogen-bond donors (Lipinski definition) is 0. The van der Waals surface area contributed by atoms with E-state index in [2.05, 4.69) is 39.3 Å². The average Bonchev–Trinajstić information content (AvgIpc) is 3.38. The first-order valence-corrected chi connectivity index (χ1v) is 10.4. The topological polar surface area (TPSA) is 75.6 Å². The Labute approximate surface area is 175 Å². The van der Waals surface area contributed by atoms with Gasteiger partial charge in [0.25, 0.3) is 5.91 Å². The van der Waals surface area contributed by atoms with Crippen molar-refractivity contribution in [1.29, 1.82) is 0 Å². The largest absolute Gasteiger partial charge is 0.446 e. The van der Waals surface area contributed by atoms with Crippen LogP contribution in [0.1, 0.15) is 44.9 Å². The van der Waals surface area contributed by atoms with Crippen molar-refractivity contribution in [2.75, 3.05) is 26.2 Å². The second kappa shape index (κ2) is 7.09. The van der Waals surface area contributed by atoms with Crippen LogP contribution in [0.5, 0.6) is 0 Å². The van der Waals surface area contributed by atoms with Gasteiger partial charge in [0.15, 0.2) is 5.89 Å². The zero-order valence-corrected chi connectivity index (χ0v) is 17.6. The summed E-state index contributed by atoms with van der Waals surface area (Å²) in [6.07, 6.45) is 1.79. The maximum Gasteiger partial charge on any atom is 0.259 e. The zero-order chi connectivity index (χ0) is 20.9. The molecular formula is C23H26N4O3. The first-order chi connectivity index (χ1) is 14.4. The third-order valence-electron chi connectivity index (χ3n) is 6.45. The number of aromatic nitrogens is 2. The molecule has 5 rings (SSSR count). The number of oxazole rings is 1. The van der Waals surface area contributed by atoms with E-state index < -0.39 is 0 Å². The standard InChI is InChI=1S/C23H26N4O3/c1-15-9-24-21(29-15)19-11-26(10-18-7-5-4-6-8-18)12-23(19)13-27(14-23)22(28)20-16(2)25-30-17(20)3/h4-9,19H,10-14H2,1-3H3. The Morgan fingerprint density at radius 2 is 1.93 bits per heavy atom. The van der Waals surface area contributed by atoms with Crippen LogP contribution in [-0.4, -0.2) is 52.0 Å². The van der Waals surface area contributed by atoms with E-state index in [4.69, 9.17) is 8.94 Å². The van der Waals surface area contributed by atoms with Crippen molar-refractivity contribution < 1.29 is 13.7 Å². The molecule has 7 heteroatoms. The minimum atomic E-state index is -0.0410. The van der Waals surface area contributed by atoms with Crippen LogP contribution in [0.3, 0.4) is 0 Å². The Morgan fingerprint density at radius 1 is 1.17 bits per heavy atom. The van der Waals surface area contributed by atoms with E-state index in [0.717, 1.165) is 31.3 Å². The van der Waals surface area contributed by atoms with Crippen molar-refractivity contribution in [1.82, 2.24) is 19.9 Å². The molecule has 0 N–H and O–H groups in total. The molecular weight excluding hydrogens is 380 g/mol. The van der Waals surface area contributed by atoms with Gasteiger partial charge in [-0.2, -0.15) is 0 Å². The molecule has 1 unspecified atom stereocenters. The summed E-state index contributed by atoms with van der Waals surface area (Å²) < 4.78 is 11.1. The van der Waals surface area contributed by atoms with Crippen molar-refractivity contribution in [2.24, 2.45) is 5.41 Å². The third-order valence-corrected chi connectivity index (χ3v) is 6.45. The van der Waals surface area contributed by atoms with E-state index in [-0.39, 0.29) is 17.2 Å². The summed E-state index contributed by atoms with van der Waals surface area (Å²) in [5.41, 5.74) is 2.49. The highest BCUT2D eigenvalue weighted by molar-refractivity contribution is 5.96. The molecule has 1 atom stereocenters. The van der Waals surface area contributed by atoms with Crippen molar-refractivity contribution in [3.63, 3.8) is 0 Å². The van der Waals surface area contributed by atoms with Crippen LogP contribution in [0.15, 0.2) is 45.5 Å². The number of carbonyl (C=O) groups excluding carboxylic acids is 1. The summed E-state index contributed by atoms with van der Waals surface area (Å²) >= 11 is 0. The molecule has 0 aliphatic carbocycles. The molecule has 30 heavy (non-hydrogen) atoms. The lowest BCUT2D eigenvalue weighted by molar-refractivity contribution is -0.000799. The predicted molar refractivity (Wildman–Crippen MR) is 110 cm³/mol. The molecule has 0 radical (unpaired) electrons.